The van der Waals surface area contributed by atoms with E-state index in [1.165, 1.54) is 0 Å². The highest BCUT2D eigenvalue weighted by molar-refractivity contribution is 5.94. The van der Waals surface area contributed by atoms with Crippen molar-refractivity contribution in [1.82, 2.24) is 14.7 Å². The minimum absolute atomic E-state index is 0.0379. The lowest BCUT2D eigenvalue weighted by molar-refractivity contribution is -0.137. The molecule has 2 aliphatic heterocycles. The molecule has 34 heavy (non-hydrogen) atoms. The fourth-order valence-electron chi connectivity index (χ4n) is 4.96. The van der Waals surface area contributed by atoms with E-state index in [0.717, 1.165) is 22.4 Å². The van der Waals surface area contributed by atoms with E-state index in [1.807, 2.05) is 79.1 Å². The quantitative estimate of drug-likeness (QED) is 0.716. The Morgan fingerprint density at radius 2 is 1.62 bits per heavy atom. The van der Waals surface area contributed by atoms with Gasteiger partial charge in [0.25, 0.3) is 0 Å². The van der Waals surface area contributed by atoms with Gasteiger partial charge in [0, 0.05) is 44.8 Å². The minimum atomic E-state index is -0.294. The molecule has 2 unspecified atom stereocenters. The van der Waals surface area contributed by atoms with Crippen molar-refractivity contribution in [2.75, 3.05) is 44.6 Å². The van der Waals surface area contributed by atoms with Crippen molar-refractivity contribution in [2.24, 2.45) is 5.92 Å². The molecule has 2 heterocycles. The highest BCUT2D eigenvalue weighted by atomic mass is 16.2. The van der Waals surface area contributed by atoms with Crippen LogP contribution in [0.4, 0.5) is 5.69 Å². The Balaban J connectivity index is 1.27. The lowest BCUT2D eigenvalue weighted by atomic mass is 10.1. The van der Waals surface area contributed by atoms with Gasteiger partial charge in [0.2, 0.25) is 17.7 Å². The highest BCUT2D eigenvalue weighted by Gasteiger charge is 2.39. The summed E-state index contributed by atoms with van der Waals surface area (Å²) < 4.78 is 0. The maximum atomic E-state index is 13.1. The van der Waals surface area contributed by atoms with Gasteiger partial charge in [-0.3, -0.25) is 19.3 Å². The molecular weight excluding hydrogens is 428 g/mol. The summed E-state index contributed by atoms with van der Waals surface area (Å²) in [5, 5.41) is 3.03. The first-order valence-corrected chi connectivity index (χ1v) is 12.0. The van der Waals surface area contributed by atoms with Gasteiger partial charge < -0.3 is 15.1 Å². The van der Waals surface area contributed by atoms with Crippen LogP contribution in [-0.2, 0) is 14.4 Å². The Kier molecular flexibility index (Phi) is 7.32. The summed E-state index contributed by atoms with van der Waals surface area (Å²) in [5.74, 6) is -0.242. The van der Waals surface area contributed by atoms with Crippen LogP contribution >= 0.6 is 0 Å². The number of likely N-dealkylation sites (tertiary alicyclic amines) is 1. The number of hydrogen-bond donors (Lipinski definition) is 1. The van der Waals surface area contributed by atoms with Gasteiger partial charge in [-0.2, -0.15) is 0 Å². The molecule has 1 N–H and O–H groups in total. The Morgan fingerprint density at radius 3 is 2.26 bits per heavy atom. The molecule has 2 aromatic rings. The zero-order valence-electron chi connectivity index (χ0n) is 20.3. The number of rotatable bonds is 6. The van der Waals surface area contributed by atoms with Gasteiger partial charge in [0.05, 0.1) is 18.5 Å². The van der Waals surface area contributed by atoms with Crippen molar-refractivity contribution in [2.45, 2.75) is 33.2 Å². The van der Waals surface area contributed by atoms with E-state index in [0.29, 0.717) is 39.3 Å². The van der Waals surface area contributed by atoms with E-state index < -0.39 is 0 Å². The number of piperazine rings is 1. The van der Waals surface area contributed by atoms with Crippen LogP contribution in [0.15, 0.2) is 48.5 Å². The predicted octanol–water partition coefficient (Wildman–Crippen LogP) is 3.00. The fraction of sp³-hybridized carbons (Fsp3) is 0.444. The molecule has 0 saturated carbocycles. The molecule has 180 valence electrons. The van der Waals surface area contributed by atoms with Crippen molar-refractivity contribution in [3.63, 3.8) is 0 Å². The van der Waals surface area contributed by atoms with Crippen molar-refractivity contribution in [3.05, 3.63) is 65.2 Å². The number of benzene rings is 2. The zero-order chi connectivity index (χ0) is 24.2. The average Bonchev–Trinajstić information content (AvgIpc) is 3.23. The van der Waals surface area contributed by atoms with Crippen LogP contribution in [0.1, 0.15) is 36.1 Å². The average molecular weight is 463 g/mol. The SMILES string of the molecule is Cc1cccc(C)c1NC(=O)CN1CCN(C(=O)C2CC(=O)N(C(C)c3ccccc3)C2)CC1. The molecule has 3 amide bonds. The first kappa shape index (κ1) is 24.0. The molecule has 0 spiro atoms. The largest absolute Gasteiger partial charge is 0.340 e. The van der Waals surface area contributed by atoms with Gasteiger partial charge >= 0.3 is 0 Å². The molecular formula is C27H34N4O3. The van der Waals surface area contributed by atoms with Crippen LogP contribution < -0.4 is 5.32 Å². The molecule has 0 aromatic heterocycles. The second-order valence-corrected chi connectivity index (χ2v) is 9.45. The van der Waals surface area contributed by atoms with Crippen LogP contribution in [0.3, 0.4) is 0 Å². The third kappa shape index (κ3) is 5.30. The van der Waals surface area contributed by atoms with Crippen molar-refractivity contribution < 1.29 is 14.4 Å². The summed E-state index contributed by atoms with van der Waals surface area (Å²) >= 11 is 0. The van der Waals surface area contributed by atoms with Crippen molar-refractivity contribution in [3.8, 4) is 0 Å². The van der Waals surface area contributed by atoms with Gasteiger partial charge in [0.15, 0.2) is 0 Å². The van der Waals surface area contributed by atoms with Crippen molar-refractivity contribution in [1.29, 1.82) is 0 Å². The predicted molar refractivity (Wildman–Crippen MR) is 132 cm³/mol. The number of hydrogen-bond acceptors (Lipinski definition) is 4. The van der Waals surface area contributed by atoms with Gasteiger partial charge in [-0.1, -0.05) is 48.5 Å². The molecule has 0 bridgehead atoms. The molecule has 7 nitrogen and oxygen atoms in total. The van der Waals surface area contributed by atoms with E-state index in [2.05, 4.69) is 10.2 Å². The molecule has 2 atom stereocenters. The smallest absolute Gasteiger partial charge is 0.238 e. The number of carbonyl (C=O) groups excluding carboxylic acids is 3. The molecule has 2 aromatic carbocycles. The Morgan fingerprint density at radius 1 is 0.971 bits per heavy atom. The van der Waals surface area contributed by atoms with Crippen LogP contribution in [0.2, 0.25) is 0 Å². The third-order valence-corrected chi connectivity index (χ3v) is 7.05. The first-order valence-electron chi connectivity index (χ1n) is 12.0. The molecule has 4 rings (SSSR count). The van der Waals surface area contributed by atoms with E-state index in [4.69, 9.17) is 0 Å². The van der Waals surface area contributed by atoms with E-state index in [9.17, 15) is 14.4 Å². The summed E-state index contributed by atoms with van der Waals surface area (Å²) in [6, 6.07) is 15.8. The second kappa shape index (κ2) is 10.4. The van der Waals surface area contributed by atoms with Crippen LogP contribution in [0.25, 0.3) is 0 Å². The van der Waals surface area contributed by atoms with Crippen LogP contribution in [0, 0.1) is 19.8 Å². The lowest BCUT2D eigenvalue weighted by Crippen LogP contribution is -2.52. The highest BCUT2D eigenvalue weighted by Crippen LogP contribution is 2.29. The number of para-hydroxylation sites is 1. The van der Waals surface area contributed by atoms with Gasteiger partial charge in [0.1, 0.15) is 0 Å². The maximum absolute atomic E-state index is 13.1. The molecule has 2 aliphatic rings. The normalized spacial score (nSPS) is 19.9. The Bertz CT molecular complexity index is 1030. The summed E-state index contributed by atoms with van der Waals surface area (Å²) in [6.45, 7) is 9.22. The fourth-order valence-corrected chi connectivity index (χ4v) is 4.96. The van der Waals surface area contributed by atoms with E-state index >= 15 is 0 Å². The Labute approximate surface area is 201 Å². The standard InChI is InChI=1S/C27H34N4O3/c1-19-8-7-9-20(2)26(19)28-24(32)18-29-12-14-30(15-13-29)27(34)23-16-25(33)31(17-23)21(3)22-10-5-4-6-11-22/h4-11,21,23H,12-18H2,1-3H3,(H,28,32). The van der Waals surface area contributed by atoms with Crippen LogP contribution in [0.5, 0.6) is 0 Å². The van der Waals surface area contributed by atoms with Gasteiger partial charge in [-0.05, 0) is 37.5 Å². The summed E-state index contributed by atoms with van der Waals surface area (Å²) in [4.78, 5) is 44.2. The summed E-state index contributed by atoms with van der Waals surface area (Å²) in [5.41, 5.74) is 4.05. The maximum Gasteiger partial charge on any atom is 0.238 e. The molecule has 7 heteroatoms. The number of nitrogens with one attached hydrogen (secondary N) is 1. The number of aryl methyl sites for hydroxylation is 2. The molecule has 0 aliphatic carbocycles. The number of amides is 3. The number of nitrogens with zero attached hydrogens (tertiary/aromatic N) is 3. The molecule has 2 fully saturated rings. The minimum Gasteiger partial charge on any atom is -0.340 e. The van der Waals surface area contributed by atoms with Gasteiger partial charge in [-0.15, -0.1) is 0 Å². The monoisotopic (exact) mass is 462 g/mol. The van der Waals surface area contributed by atoms with E-state index in [-0.39, 0.29) is 36.1 Å². The van der Waals surface area contributed by atoms with Gasteiger partial charge in [-0.25, -0.2) is 0 Å². The van der Waals surface area contributed by atoms with Crippen molar-refractivity contribution >= 4 is 23.4 Å². The first-order chi connectivity index (χ1) is 16.3. The number of carbonyl (C=O) groups is 3. The second-order valence-electron chi connectivity index (χ2n) is 9.45. The molecule has 0 radical (unpaired) electrons. The summed E-state index contributed by atoms with van der Waals surface area (Å²) in [6.07, 6.45) is 0.272. The lowest BCUT2D eigenvalue weighted by Gasteiger charge is -2.35. The molecule has 2 saturated heterocycles. The van der Waals surface area contributed by atoms with E-state index in [1.54, 1.807) is 0 Å². The van der Waals surface area contributed by atoms with Crippen LogP contribution in [-0.4, -0.2) is 71.7 Å². The third-order valence-electron chi connectivity index (χ3n) is 7.05. The topological polar surface area (TPSA) is 73.0 Å². The zero-order valence-corrected chi connectivity index (χ0v) is 20.3. The Hall–Kier alpha value is -3.19. The number of anilines is 1. The summed E-state index contributed by atoms with van der Waals surface area (Å²) in [7, 11) is 0.